The molecule has 1 heterocycles. The van der Waals surface area contributed by atoms with Gasteiger partial charge in [0, 0.05) is 12.1 Å². The molecular formula is C19H17F2N3O2S. The highest BCUT2D eigenvalue weighted by molar-refractivity contribution is 7.92. The van der Waals surface area contributed by atoms with E-state index in [9.17, 15) is 17.2 Å². The summed E-state index contributed by atoms with van der Waals surface area (Å²) in [5.74, 6) is -0.316. The normalized spacial score (nSPS) is 11.2. The molecule has 0 radical (unpaired) electrons. The third-order valence-corrected chi connectivity index (χ3v) is 5.25. The van der Waals surface area contributed by atoms with Crippen molar-refractivity contribution in [3.63, 3.8) is 0 Å². The molecule has 0 fully saturated rings. The second-order valence-corrected chi connectivity index (χ2v) is 7.58. The molecule has 0 spiro atoms. The first kappa shape index (κ1) is 18.8. The van der Waals surface area contributed by atoms with Gasteiger partial charge in [-0.15, -0.1) is 0 Å². The number of nitrogens with zero attached hydrogens (tertiary/aromatic N) is 1. The fourth-order valence-corrected chi connectivity index (χ4v) is 3.51. The van der Waals surface area contributed by atoms with Gasteiger partial charge in [-0.1, -0.05) is 18.2 Å². The zero-order chi connectivity index (χ0) is 19.4. The molecule has 2 N–H and O–H groups in total. The van der Waals surface area contributed by atoms with Crippen LogP contribution in [0.4, 0.5) is 20.3 Å². The summed E-state index contributed by atoms with van der Waals surface area (Å²) in [6, 6.07) is 13.1. The maximum atomic E-state index is 13.6. The van der Waals surface area contributed by atoms with Crippen LogP contribution in [0.3, 0.4) is 0 Å². The van der Waals surface area contributed by atoms with Crippen molar-refractivity contribution in [1.82, 2.24) is 4.98 Å². The Kier molecular flexibility index (Phi) is 5.36. The minimum absolute atomic E-state index is 0.0387. The molecule has 0 saturated heterocycles. The molecule has 0 amide bonds. The van der Waals surface area contributed by atoms with E-state index < -0.39 is 15.8 Å². The van der Waals surface area contributed by atoms with Gasteiger partial charge in [0.2, 0.25) is 0 Å². The number of hydrogen-bond donors (Lipinski definition) is 2. The number of aromatic nitrogens is 1. The Labute approximate surface area is 156 Å². The van der Waals surface area contributed by atoms with Gasteiger partial charge < -0.3 is 5.32 Å². The fraction of sp³-hybridized carbons (Fsp3) is 0.105. The number of benzene rings is 2. The van der Waals surface area contributed by atoms with E-state index in [4.69, 9.17) is 0 Å². The number of sulfonamides is 1. The van der Waals surface area contributed by atoms with Gasteiger partial charge in [0.1, 0.15) is 17.5 Å². The fourth-order valence-electron chi connectivity index (χ4n) is 2.38. The van der Waals surface area contributed by atoms with E-state index >= 15 is 0 Å². The van der Waals surface area contributed by atoms with Gasteiger partial charge >= 0.3 is 0 Å². The lowest BCUT2D eigenvalue weighted by atomic mass is 10.2. The zero-order valence-corrected chi connectivity index (χ0v) is 15.2. The van der Waals surface area contributed by atoms with Crippen LogP contribution in [0.15, 0.2) is 65.7 Å². The summed E-state index contributed by atoms with van der Waals surface area (Å²) < 4.78 is 54.1. The Morgan fingerprint density at radius 2 is 1.78 bits per heavy atom. The van der Waals surface area contributed by atoms with Crippen LogP contribution in [0, 0.1) is 18.6 Å². The average molecular weight is 389 g/mol. The zero-order valence-electron chi connectivity index (χ0n) is 14.4. The lowest BCUT2D eigenvalue weighted by molar-refractivity contribution is 0.598. The van der Waals surface area contributed by atoms with Gasteiger partial charge in [0.15, 0.2) is 0 Å². The SMILES string of the molecule is Cc1cc(S(=O)(=O)Nc2ccc(NCc3ccccc3F)nc2)ccc1F. The first-order valence-corrected chi connectivity index (χ1v) is 9.56. The molecule has 2 aromatic carbocycles. The average Bonchev–Trinajstić information content (AvgIpc) is 2.64. The molecule has 0 aliphatic heterocycles. The second-order valence-electron chi connectivity index (χ2n) is 5.89. The maximum absolute atomic E-state index is 13.6. The van der Waals surface area contributed by atoms with Crippen molar-refractivity contribution in [1.29, 1.82) is 0 Å². The van der Waals surface area contributed by atoms with Crippen LogP contribution in [0.2, 0.25) is 0 Å². The van der Waals surface area contributed by atoms with Crippen molar-refractivity contribution in [2.45, 2.75) is 18.4 Å². The molecule has 0 bridgehead atoms. The van der Waals surface area contributed by atoms with E-state index in [1.807, 2.05) is 0 Å². The van der Waals surface area contributed by atoms with Gasteiger partial charge in [-0.2, -0.15) is 0 Å². The molecule has 140 valence electrons. The number of nitrogens with one attached hydrogen (secondary N) is 2. The van der Waals surface area contributed by atoms with Gasteiger partial charge in [-0.25, -0.2) is 22.2 Å². The van der Waals surface area contributed by atoms with Gasteiger partial charge in [-0.05, 0) is 48.9 Å². The van der Waals surface area contributed by atoms with Crippen molar-refractivity contribution in [3.8, 4) is 0 Å². The predicted octanol–water partition coefficient (Wildman–Crippen LogP) is 4.08. The summed E-state index contributed by atoms with van der Waals surface area (Å²) >= 11 is 0. The number of pyridine rings is 1. The van der Waals surface area contributed by atoms with Gasteiger partial charge in [0.25, 0.3) is 10.0 Å². The quantitative estimate of drug-likeness (QED) is 0.666. The maximum Gasteiger partial charge on any atom is 0.261 e. The first-order chi connectivity index (χ1) is 12.8. The van der Waals surface area contributed by atoms with Crippen LogP contribution in [0.25, 0.3) is 0 Å². The van der Waals surface area contributed by atoms with Crippen LogP contribution < -0.4 is 10.0 Å². The third kappa shape index (κ3) is 4.59. The van der Waals surface area contributed by atoms with Gasteiger partial charge in [-0.3, -0.25) is 4.72 Å². The van der Waals surface area contributed by atoms with Crippen molar-refractivity contribution >= 4 is 21.5 Å². The Bertz CT molecular complexity index is 1050. The molecular weight excluding hydrogens is 372 g/mol. The topological polar surface area (TPSA) is 71.1 Å². The van der Waals surface area contributed by atoms with E-state index in [0.717, 1.165) is 6.07 Å². The lowest BCUT2D eigenvalue weighted by Gasteiger charge is -2.10. The van der Waals surface area contributed by atoms with Crippen LogP contribution in [-0.4, -0.2) is 13.4 Å². The highest BCUT2D eigenvalue weighted by Crippen LogP contribution is 2.19. The molecule has 3 rings (SSSR count). The molecule has 0 aliphatic carbocycles. The van der Waals surface area contributed by atoms with Crippen LogP contribution >= 0.6 is 0 Å². The van der Waals surface area contributed by atoms with E-state index in [0.29, 0.717) is 11.4 Å². The highest BCUT2D eigenvalue weighted by Gasteiger charge is 2.15. The molecule has 0 saturated carbocycles. The molecule has 0 atom stereocenters. The smallest absolute Gasteiger partial charge is 0.261 e. The molecule has 0 aliphatic rings. The summed E-state index contributed by atoms with van der Waals surface area (Å²) in [4.78, 5) is 4.07. The minimum Gasteiger partial charge on any atom is -0.366 e. The standard InChI is InChI=1S/C19H17F2N3O2S/c1-13-10-16(7-8-17(13)20)27(25,26)24-15-6-9-19(23-12-15)22-11-14-4-2-3-5-18(14)21/h2-10,12,24H,11H2,1H3,(H,22,23). The number of hydrogen-bond acceptors (Lipinski definition) is 4. The first-order valence-electron chi connectivity index (χ1n) is 8.07. The summed E-state index contributed by atoms with van der Waals surface area (Å²) in [7, 11) is -3.85. The Hall–Kier alpha value is -3.00. The summed E-state index contributed by atoms with van der Waals surface area (Å²) in [6.45, 7) is 1.74. The number of rotatable bonds is 6. The third-order valence-electron chi connectivity index (χ3n) is 3.87. The van der Waals surface area contributed by atoms with Crippen molar-refractivity contribution in [3.05, 3.63) is 83.6 Å². The molecule has 3 aromatic rings. The van der Waals surface area contributed by atoms with Crippen molar-refractivity contribution < 1.29 is 17.2 Å². The Morgan fingerprint density at radius 1 is 1.00 bits per heavy atom. The van der Waals surface area contributed by atoms with E-state index in [1.54, 1.807) is 24.3 Å². The van der Waals surface area contributed by atoms with E-state index in [2.05, 4.69) is 15.0 Å². The number of anilines is 2. The lowest BCUT2D eigenvalue weighted by Crippen LogP contribution is -2.13. The highest BCUT2D eigenvalue weighted by atomic mass is 32.2. The van der Waals surface area contributed by atoms with Crippen molar-refractivity contribution in [2.24, 2.45) is 0 Å². The Morgan fingerprint density at radius 3 is 2.44 bits per heavy atom. The van der Waals surface area contributed by atoms with E-state index in [-0.39, 0.29) is 28.5 Å². The number of aryl methyl sites for hydroxylation is 1. The van der Waals surface area contributed by atoms with Crippen LogP contribution in [0.1, 0.15) is 11.1 Å². The van der Waals surface area contributed by atoms with Crippen LogP contribution in [0.5, 0.6) is 0 Å². The summed E-state index contributed by atoms with van der Waals surface area (Å²) in [5.41, 5.74) is 0.993. The van der Waals surface area contributed by atoms with Crippen molar-refractivity contribution in [2.75, 3.05) is 10.0 Å². The minimum atomic E-state index is -3.85. The largest absolute Gasteiger partial charge is 0.366 e. The number of halogens is 2. The molecule has 27 heavy (non-hydrogen) atoms. The molecule has 1 aromatic heterocycles. The molecule has 0 unspecified atom stereocenters. The molecule has 5 nitrogen and oxygen atoms in total. The van der Waals surface area contributed by atoms with Crippen LogP contribution in [-0.2, 0) is 16.6 Å². The van der Waals surface area contributed by atoms with E-state index in [1.165, 1.54) is 37.4 Å². The van der Waals surface area contributed by atoms with Gasteiger partial charge in [0.05, 0.1) is 16.8 Å². The summed E-state index contributed by atoms with van der Waals surface area (Å²) in [6.07, 6.45) is 1.34. The summed E-state index contributed by atoms with van der Waals surface area (Å²) in [5, 5.41) is 2.97. The predicted molar refractivity (Wildman–Crippen MR) is 99.9 cm³/mol. The second kappa shape index (κ2) is 7.71. The molecule has 8 heteroatoms. The Balaban J connectivity index is 1.68. The monoisotopic (exact) mass is 389 g/mol.